The Labute approximate surface area is 375 Å². The molecule has 2 aromatic heterocycles. The van der Waals surface area contributed by atoms with E-state index in [1.54, 1.807) is 0 Å². The number of nitrogens with zero attached hydrogens (tertiary/aromatic N) is 3. The van der Waals surface area contributed by atoms with E-state index in [9.17, 15) is 5.11 Å². The van der Waals surface area contributed by atoms with Gasteiger partial charge in [0.25, 0.3) is 0 Å². The molecule has 63 heavy (non-hydrogen) atoms. The molecule has 6 aromatic carbocycles. The smallest absolute Gasteiger partial charge is 0.149 e. The summed E-state index contributed by atoms with van der Waals surface area (Å²) >= 11 is 0. The second-order valence-electron chi connectivity index (χ2n) is 21.6. The molecule has 8 rings (SSSR count). The van der Waals surface area contributed by atoms with Crippen LogP contribution in [0.15, 0.2) is 140 Å². The predicted molar refractivity (Wildman–Crippen MR) is 267 cm³/mol. The summed E-state index contributed by atoms with van der Waals surface area (Å²) in [7, 11) is 0. The Bertz CT molecular complexity index is 2980. The molecule has 4 nitrogen and oxygen atoms in total. The molecule has 0 aliphatic rings. The van der Waals surface area contributed by atoms with Crippen molar-refractivity contribution >= 4 is 11.0 Å². The van der Waals surface area contributed by atoms with Gasteiger partial charge in [-0.3, -0.25) is 9.55 Å². The Kier molecular flexibility index (Phi) is 10.9. The summed E-state index contributed by atoms with van der Waals surface area (Å²) in [6.07, 6.45) is 1.92. The number of rotatable bonds is 6. The van der Waals surface area contributed by atoms with Crippen LogP contribution in [0.25, 0.3) is 72.7 Å². The molecule has 0 fully saturated rings. The van der Waals surface area contributed by atoms with Crippen molar-refractivity contribution < 1.29 is 5.11 Å². The molecule has 0 saturated heterocycles. The highest BCUT2D eigenvalue weighted by molar-refractivity contribution is 5.97. The fourth-order valence-corrected chi connectivity index (χ4v) is 8.62. The molecule has 0 unspecified atom stereocenters. The molecular formula is C59H63N3O. The number of para-hydroxylation sites is 1. The number of benzene rings is 6. The molecule has 1 N–H and O–H groups in total. The number of aromatic hydroxyl groups is 1. The minimum atomic E-state index is -0.312. The normalized spacial score (nSPS) is 12.6. The molecule has 8 aromatic rings. The number of pyridine rings is 1. The molecule has 0 spiro atoms. The number of phenolic OH excluding ortho intramolecular Hbond substituents is 1. The number of hydrogen-bond acceptors (Lipinski definition) is 3. The van der Waals surface area contributed by atoms with Gasteiger partial charge in [0.2, 0.25) is 0 Å². The minimum Gasteiger partial charge on any atom is -0.507 e. The van der Waals surface area contributed by atoms with E-state index >= 15 is 0 Å². The molecule has 0 bridgehead atoms. The fourth-order valence-electron chi connectivity index (χ4n) is 8.62. The number of aryl methyl sites for hydroxylation is 1. The average Bonchev–Trinajstić information content (AvgIpc) is 3.62. The Hall–Kier alpha value is -6.26. The third-order valence-corrected chi connectivity index (χ3v) is 12.4. The Balaban J connectivity index is 1.43. The standard InChI is InChI=1S/C59H63N3O/c1-37-22-24-38(25-23-37)40-28-29-60-51(33-40)42-30-41(31-43(32-42)56(2,3)4)47-20-17-21-52-53(47)61-55(48-34-44(57(5,6)7)35-50(54(48)63)59(11,12)13)62(52)45-26-27-46(39-18-15-14-16-19-39)49(36-45)58(8,9)10/h14-36,63H,1-13H3. The van der Waals surface area contributed by atoms with E-state index in [-0.39, 0.29) is 27.4 Å². The summed E-state index contributed by atoms with van der Waals surface area (Å²) in [4.78, 5) is 10.6. The fraction of sp³-hybridized carbons (Fsp3) is 0.288. The number of hydrogen-bond donors (Lipinski definition) is 1. The van der Waals surface area contributed by atoms with Gasteiger partial charge in [0, 0.05) is 28.6 Å². The summed E-state index contributed by atoms with van der Waals surface area (Å²) < 4.78 is 2.28. The topological polar surface area (TPSA) is 50.9 Å². The highest BCUT2D eigenvalue weighted by Crippen LogP contribution is 2.46. The maximum Gasteiger partial charge on any atom is 0.149 e. The van der Waals surface area contributed by atoms with Crippen molar-refractivity contribution in [3.63, 3.8) is 0 Å². The van der Waals surface area contributed by atoms with Crippen molar-refractivity contribution in [2.75, 3.05) is 0 Å². The van der Waals surface area contributed by atoms with E-state index in [0.29, 0.717) is 5.82 Å². The number of imidazole rings is 1. The van der Waals surface area contributed by atoms with Crippen LogP contribution >= 0.6 is 0 Å². The van der Waals surface area contributed by atoms with E-state index in [1.165, 1.54) is 33.4 Å². The molecule has 0 atom stereocenters. The third-order valence-electron chi connectivity index (χ3n) is 12.4. The number of phenols is 1. The van der Waals surface area contributed by atoms with Crippen LogP contribution in [0.3, 0.4) is 0 Å². The maximum atomic E-state index is 12.5. The van der Waals surface area contributed by atoms with Gasteiger partial charge in [-0.05, 0) is 122 Å². The van der Waals surface area contributed by atoms with Crippen LogP contribution in [-0.2, 0) is 21.7 Å². The summed E-state index contributed by atoms with van der Waals surface area (Å²) in [5, 5.41) is 12.5. The van der Waals surface area contributed by atoms with Gasteiger partial charge < -0.3 is 5.11 Å². The highest BCUT2D eigenvalue weighted by atomic mass is 16.3. The van der Waals surface area contributed by atoms with Crippen LogP contribution in [0, 0.1) is 6.92 Å². The summed E-state index contributed by atoms with van der Waals surface area (Å²) in [6, 6.07) is 48.2. The zero-order chi connectivity index (χ0) is 45.2. The Morgan fingerprint density at radius 2 is 1.11 bits per heavy atom. The van der Waals surface area contributed by atoms with Crippen molar-refractivity contribution in [2.24, 2.45) is 0 Å². The van der Waals surface area contributed by atoms with Crippen molar-refractivity contribution in [2.45, 2.75) is 112 Å². The summed E-state index contributed by atoms with van der Waals surface area (Å²) in [6.45, 7) is 29.0. The second kappa shape index (κ2) is 15.8. The van der Waals surface area contributed by atoms with Gasteiger partial charge in [0.1, 0.15) is 11.6 Å². The van der Waals surface area contributed by atoms with Crippen LogP contribution in [-0.4, -0.2) is 19.6 Å². The monoisotopic (exact) mass is 829 g/mol. The lowest BCUT2D eigenvalue weighted by Gasteiger charge is -2.28. The Morgan fingerprint density at radius 3 is 1.76 bits per heavy atom. The summed E-state index contributed by atoms with van der Waals surface area (Å²) in [5.41, 5.74) is 17.3. The van der Waals surface area contributed by atoms with Gasteiger partial charge in [-0.2, -0.15) is 0 Å². The molecule has 320 valence electrons. The first-order valence-corrected chi connectivity index (χ1v) is 22.4. The summed E-state index contributed by atoms with van der Waals surface area (Å²) in [5.74, 6) is 0.973. The van der Waals surface area contributed by atoms with E-state index in [4.69, 9.17) is 9.97 Å². The molecule has 0 aliphatic heterocycles. The van der Waals surface area contributed by atoms with Crippen molar-refractivity contribution in [3.05, 3.63) is 167 Å². The van der Waals surface area contributed by atoms with E-state index in [0.717, 1.165) is 61.4 Å². The highest BCUT2D eigenvalue weighted by Gasteiger charge is 2.30. The van der Waals surface area contributed by atoms with E-state index in [1.807, 2.05) is 6.20 Å². The van der Waals surface area contributed by atoms with Crippen molar-refractivity contribution in [1.29, 1.82) is 0 Å². The van der Waals surface area contributed by atoms with Gasteiger partial charge in [0.15, 0.2) is 0 Å². The number of fused-ring (bicyclic) bond motifs is 1. The van der Waals surface area contributed by atoms with E-state index in [2.05, 4.69) is 228 Å². The average molecular weight is 830 g/mol. The SMILES string of the molecule is Cc1ccc(-c2ccnc(-c3cc(-c4cccc5c4nc(-c4cc(C(C)(C)C)cc(C(C)(C)C)c4O)n5-c4ccc(-c5ccccc5)c(C(C)(C)C)c4)cc(C(C)(C)C)c3)c2)cc1. The van der Waals surface area contributed by atoms with Crippen LogP contribution < -0.4 is 0 Å². The molecule has 0 radical (unpaired) electrons. The van der Waals surface area contributed by atoms with Crippen LogP contribution in [0.5, 0.6) is 5.75 Å². The third kappa shape index (κ3) is 8.61. The Morgan fingerprint density at radius 1 is 0.460 bits per heavy atom. The first-order chi connectivity index (χ1) is 29.6. The molecule has 0 amide bonds. The van der Waals surface area contributed by atoms with E-state index < -0.39 is 0 Å². The zero-order valence-corrected chi connectivity index (χ0v) is 39.6. The predicted octanol–water partition coefficient (Wildman–Crippen LogP) is 16.0. The van der Waals surface area contributed by atoms with Gasteiger partial charge >= 0.3 is 0 Å². The van der Waals surface area contributed by atoms with Crippen LogP contribution in [0.4, 0.5) is 0 Å². The zero-order valence-electron chi connectivity index (χ0n) is 39.6. The van der Waals surface area contributed by atoms with Crippen molar-refractivity contribution in [3.8, 4) is 67.5 Å². The first kappa shape index (κ1) is 43.4. The largest absolute Gasteiger partial charge is 0.507 e. The number of aromatic nitrogens is 3. The van der Waals surface area contributed by atoms with Gasteiger partial charge in [-0.25, -0.2) is 4.98 Å². The van der Waals surface area contributed by atoms with Crippen LogP contribution in [0.1, 0.15) is 111 Å². The second-order valence-corrected chi connectivity index (χ2v) is 21.6. The maximum absolute atomic E-state index is 12.5. The van der Waals surface area contributed by atoms with Crippen molar-refractivity contribution in [1.82, 2.24) is 14.5 Å². The quantitative estimate of drug-likeness (QED) is 0.182. The van der Waals surface area contributed by atoms with Crippen LogP contribution in [0.2, 0.25) is 0 Å². The van der Waals surface area contributed by atoms with Gasteiger partial charge in [-0.1, -0.05) is 174 Å². The lowest BCUT2D eigenvalue weighted by Crippen LogP contribution is -2.17. The minimum absolute atomic E-state index is 0.135. The lowest BCUT2D eigenvalue weighted by molar-refractivity contribution is 0.446. The molecule has 2 heterocycles. The molecular weight excluding hydrogens is 767 g/mol. The lowest BCUT2D eigenvalue weighted by atomic mass is 9.78. The molecule has 0 saturated carbocycles. The molecule has 0 aliphatic carbocycles. The first-order valence-electron chi connectivity index (χ1n) is 22.4. The van der Waals surface area contributed by atoms with Gasteiger partial charge in [-0.15, -0.1) is 0 Å². The van der Waals surface area contributed by atoms with Gasteiger partial charge in [0.05, 0.1) is 22.3 Å². The molecule has 4 heteroatoms.